The second-order valence-electron chi connectivity index (χ2n) is 3.98. The number of hydrogen-bond donors (Lipinski definition) is 1. The van der Waals surface area contributed by atoms with Crippen molar-refractivity contribution in [1.82, 2.24) is 0 Å². The fraction of sp³-hybridized carbons (Fsp3) is 0.0714. The van der Waals surface area contributed by atoms with E-state index in [9.17, 15) is 4.79 Å². The lowest BCUT2D eigenvalue weighted by molar-refractivity contribution is -0.115. The lowest BCUT2D eigenvalue weighted by Gasteiger charge is -2.08. The van der Waals surface area contributed by atoms with Crippen LogP contribution in [0.4, 0.5) is 5.69 Å². The van der Waals surface area contributed by atoms with Gasteiger partial charge in [0.05, 0.1) is 12.1 Å². The minimum absolute atomic E-state index is 0.0671. The Kier molecular flexibility index (Phi) is 5.07. The van der Waals surface area contributed by atoms with Crippen molar-refractivity contribution in [2.75, 3.05) is 5.32 Å². The van der Waals surface area contributed by atoms with Crippen molar-refractivity contribution in [3.05, 3.63) is 61.6 Å². The molecule has 5 heteroatoms. The second-order valence-corrected chi connectivity index (χ2v) is 6.01. The number of nitrogens with one attached hydrogen (secondary N) is 1. The molecule has 1 amide bonds. The maximum Gasteiger partial charge on any atom is 0.228 e. The van der Waals surface area contributed by atoms with Gasteiger partial charge in [0.2, 0.25) is 5.91 Å². The molecule has 0 aliphatic heterocycles. The van der Waals surface area contributed by atoms with Crippen LogP contribution in [0.15, 0.2) is 42.5 Å². The predicted octanol–water partition coefficient (Wildman–Crippen LogP) is 4.78. The molecule has 2 rings (SSSR count). The summed E-state index contributed by atoms with van der Waals surface area (Å²) in [6, 6.07) is 12.6. The standard InChI is InChI=1S/C14H10Cl2INO/c15-10-3-1-9(2-4-10)7-14(19)18-13-6-5-11(16)8-12(13)17/h1-6,8H,7H2,(H,18,19). The van der Waals surface area contributed by atoms with Gasteiger partial charge >= 0.3 is 0 Å². The molecule has 0 unspecified atom stereocenters. The molecule has 0 bridgehead atoms. The average Bonchev–Trinajstić information content (AvgIpc) is 2.36. The van der Waals surface area contributed by atoms with E-state index in [4.69, 9.17) is 23.2 Å². The van der Waals surface area contributed by atoms with Crippen LogP contribution in [0.5, 0.6) is 0 Å². The summed E-state index contributed by atoms with van der Waals surface area (Å²) in [6.45, 7) is 0. The summed E-state index contributed by atoms with van der Waals surface area (Å²) in [7, 11) is 0. The van der Waals surface area contributed by atoms with Crippen LogP contribution in [-0.4, -0.2) is 5.91 Å². The van der Waals surface area contributed by atoms with Crippen LogP contribution in [0.1, 0.15) is 5.56 Å². The van der Waals surface area contributed by atoms with Crippen molar-refractivity contribution in [2.45, 2.75) is 6.42 Å². The molecular weight excluding hydrogens is 396 g/mol. The maximum atomic E-state index is 11.9. The van der Waals surface area contributed by atoms with Crippen LogP contribution >= 0.6 is 45.8 Å². The summed E-state index contributed by atoms with van der Waals surface area (Å²) in [5.74, 6) is -0.0671. The fourth-order valence-electron chi connectivity index (χ4n) is 1.57. The topological polar surface area (TPSA) is 29.1 Å². The first-order chi connectivity index (χ1) is 9.04. The summed E-state index contributed by atoms with van der Waals surface area (Å²) < 4.78 is 0.912. The van der Waals surface area contributed by atoms with Gasteiger partial charge in [-0.15, -0.1) is 0 Å². The van der Waals surface area contributed by atoms with E-state index in [0.717, 1.165) is 14.8 Å². The Labute approximate surface area is 135 Å². The fourth-order valence-corrected chi connectivity index (χ4v) is 2.71. The van der Waals surface area contributed by atoms with Crippen LogP contribution in [0.2, 0.25) is 10.0 Å². The predicted molar refractivity (Wildman–Crippen MR) is 88.0 cm³/mol. The van der Waals surface area contributed by atoms with Crippen LogP contribution < -0.4 is 5.32 Å². The summed E-state index contributed by atoms with van der Waals surface area (Å²) in [5.41, 5.74) is 1.69. The highest BCUT2D eigenvalue weighted by atomic mass is 127. The van der Waals surface area contributed by atoms with Crippen LogP contribution in [0, 0.1) is 3.57 Å². The first-order valence-corrected chi connectivity index (χ1v) is 7.37. The monoisotopic (exact) mass is 405 g/mol. The summed E-state index contributed by atoms with van der Waals surface area (Å²) >= 11 is 13.8. The SMILES string of the molecule is O=C(Cc1ccc(Cl)cc1)Nc1ccc(Cl)cc1I. The molecule has 0 saturated carbocycles. The molecule has 2 aromatic rings. The van der Waals surface area contributed by atoms with Crippen molar-refractivity contribution >= 4 is 57.4 Å². The zero-order valence-corrected chi connectivity index (χ0v) is 13.5. The molecule has 98 valence electrons. The van der Waals surface area contributed by atoms with Crippen molar-refractivity contribution in [1.29, 1.82) is 0 Å². The molecule has 0 fully saturated rings. The van der Waals surface area contributed by atoms with Crippen molar-refractivity contribution in [3.63, 3.8) is 0 Å². The number of hydrogen-bond acceptors (Lipinski definition) is 1. The van der Waals surface area contributed by atoms with Crippen LogP contribution in [-0.2, 0) is 11.2 Å². The van der Waals surface area contributed by atoms with E-state index in [-0.39, 0.29) is 5.91 Å². The van der Waals surface area contributed by atoms with E-state index < -0.39 is 0 Å². The largest absolute Gasteiger partial charge is 0.325 e. The number of anilines is 1. The summed E-state index contributed by atoms with van der Waals surface area (Å²) in [5, 5.41) is 4.18. The normalized spacial score (nSPS) is 10.3. The van der Waals surface area contributed by atoms with Gasteiger partial charge in [0.25, 0.3) is 0 Å². The van der Waals surface area contributed by atoms with E-state index in [2.05, 4.69) is 27.9 Å². The highest BCUT2D eigenvalue weighted by molar-refractivity contribution is 14.1. The molecule has 2 aromatic carbocycles. The molecule has 2 nitrogen and oxygen atoms in total. The lowest BCUT2D eigenvalue weighted by Crippen LogP contribution is -2.15. The van der Waals surface area contributed by atoms with Gasteiger partial charge in [-0.25, -0.2) is 0 Å². The van der Waals surface area contributed by atoms with E-state index in [1.54, 1.807) is 30.3 Å². The number of amides is 1. The molecule has 0 saturated heterocycles. The Hall–Kier alpha value is -0.780. The van der Waals surface area contributed by atoms with Crippen molar-refractivity contribution < 1.29 is 4.79 Å². The molecule has 1 N–H and O–H groups in total. The molecule has 0 aliphatic carbocycles. The Balaban J connectivity index is 2.03. The Bertz CT molecular complexity index is 599. The molecule has 0 radical (unpaired) electrons. The zero-order valence-electron chi connectivity index (χ0n) is 9.79. The molecule has 0 atom stereocenters. The van der Waals surface area contributed by atoms with Gasteiger partial charge in [-0.2, -0.15) is 0 Å². The first kappa shape index (κ1) is 14.6. The molecule has 0 aliphatic rings. The average molecular weight is 406 g/mol. The molecule has 0 heterocycles. The highest BCUT2D eigenvalue weighted by Crippen LogP contribution is 2.22. The first-order valence-electron chi connectivity index (χ1n) is 5.54. The smallest absolute Gasteiger partial charge is 0.228 e. The number of benzene rings is 2. The molecule has 19 heavy (non-hydrogen) atoms. The van der Waals surface area contributed by atoms with E-state index in [1.165, 1.54) is 0 Å². The zero-order chi connectivity index (χ0) is 13.8. The Morgan fingerprint density at radius 3 is 2.32 bits per heavy atom. The number of rotatable bonds is 3. The van der Waals surface area contributed by atoms with E-state index in [1.807, 2.05) is 12.1 Å². The quantitative estimate of drug-likeness (QED) is 0.731. The Morgan fingerprint density at radius 2 is 1.68 bits per heavy atom. The number of halogens is 3. The third-order valence-electron chi connectivity index (χ3n) is 2.48. The maximum absolute atomic E-state index is 11.9. The third kappa shape index (κ3) is 4.37. The van der Waals surface area contributed by atoms with Crippen LogP contribution in [0.25, 0.3) is 0 Å². The van der Waals surface area contributed by atoms with Crippen LogP contribution in [0.3, 0.4) is 0 Å². The van der Waals surface area contributed by atoms with Gasteiger partial charge in [-0.05, 0) is 58.5 Å². The van der Waals surface area contributed by atoms with Gasteiger partial charge in [0.1, 0.15) is 0 Å². The number of carbonyl (C=O) groups excluding carboxylic acids is 1. The van der Waals surface area contributed by atoms with E-state index in [0.29, 0.717) is 16.5 Å². The molecular formula is C14H10Cl2INO. The van der Waals surface area contributed by atoms with Gasteiger partial charge < -0.3 is 5.32 Å². The van der Waals surface area contributed by atoms with Crippen molar-refractivity contribution in [3.8, 4) is 0 Å². The van der Waals surface area contributed by atoms with Gasteiger partial charge in [-0.1, -0.05) is 35.3 Å². The summed E-state index contributed by atoms with van der Waals surface area (Å²) in [6.07, 6.45) is 0.315. The van der Waals surface area contributed by atoms with Gasteiger partial charge in [0.15, 0.2) is 0 Å². The Morgan fingerprint density at radius 1 is 1.05 bits per heavy atom. The minimum Gasteiger partial charge on any atom is -0.325 e. The molecule has 0 spiro atoms. The van der Waals surface area contributed by atoms with Gasteiger partial charge in [-0.3, -0.25) is 4.79 Å². The van der Waals surface area contributed by atoms with Gasteiger partial charge in [0, 0.05) is 13.6 Å². The molecule has 0 aromatic heterocycles. The minimum atomic E-state index is -0.0671. The summed E-state index contributed by atoms with van der Waals surface area (Å²) in [4.78, 5) is 11.9. The lowest BCUT2D eigenvalue weighted by atomic mass is 10.1. The van der Waals surface area contributed by atoms with Crippen molar-refractivity contribution in [2.24, 2.45) is 0 Å². The highest BCUT2D eigenvalue weighted by Gasteiger charge is 2.07. The second kappa shape index (κ2) is 6.59. The third-order valence-corrected chi connectivity index (χ3v) is 3.86. The number of carbonyl (C=O) groups is 1. The van der Waals surface area contributed by atoms with E-state index >= 15 is 0 Å².